The lowest BCUT2D eigenvalue weighted by Crippen LogP contribution is -2.24. The van der Waals surface area contributed by atoms with Crippen molar-refractivity contribution in [1.82, 2.24) is 20.5 Å². The first-order valence-electron chi connectivity index (χ1n) is 7.91. The van der Waals surface area contributed by atoms with Crippen molar-refractivity contribution in [2.24, 2.45) is 0 Å². The van der Waals surface area contributed by atoms with E-state index >= 15 is 0 Å². The van der Waals surface area contributed by atoms with Crippen LogP contribution in [-0.2, 0) is 13.0 Å². The van der Waals surface area contributed by atoms with Gasteiger partial charge in [-0.05, 0) is 55.5 Å². The molecule has 0 unspecified atom stereocenters. The van der Waals surface area contributed by atoms with Gasteiger partial charge in [-0.1, -0.05) is 12.1 Å². The van der Waals surface area contributed by atoms with Crippen molar-refractivity contribution in [2.75, 3.05) is 0 Å². The maximum Gasteiger partial charge on any atom is 0.0705 e. The predicted octanol–water partition coefficient (Wildman–Crippen LogP) is 3.43. The molecule has 1 atom stereocenters. The maximum absolute atomic E-state index is 4.56. The van der Waals surface area contributed by atoms with Gasteiger partial charge in [0.25, 0.3) is 0 Å². The molecule has 1 aromatic carbocycles. The van der Waals surface area contributed by atoms with E-state index in [1.165, 1.54) is 35.0 Å². The number of benzene rings is 1. The van der Waals surface area contributed by atoms with Crippen molar-refractivity contribution in [1.29, 1.82) is 0 Å². The Kier molecular flexibility index (Phi) is 3.39. The van der Waals surface area contributed by atoms with E-state index in [4.69, 9.17) is 0 Å². The van der Waals surface area contributed by atoms with Crippen molar-refractivity contribution in [3.63, 3.8) is 0 Å². The number of aromatic nitrogens is 3. The van der Waals surface area contributed by atoms with Crippen LogP contribution in [0.5, 0.6) is 0 Å². The van der Waals surface area contributed by atoms with E-state index < -0.39 is 0 Å². The third-order valence-electron chi connectivity index (χ3n) is 4.48. The van der Waals surface area contributed by atoms with Crippen LogP contribution in [0.4, 0.5) is 0 Å². The van der Waals surface area contributed by atoms with Crippen LogP contribution in [0.1, 0.15) is 41.4 Å². The maximum atomic E-state index is 4.56. The van der Waals surface area contributed by atoms with E-state index in [-0.39, 0.29) is 0 Å². The van der Waals surface area contributed by atoms with Crippen molar-refractivity contribution < 1.29 is 0 Å². The first-order chi connectivity index (χ1) is 10.8. The topological polar surface area (TPSA) is 53.6 Å². The molecule has 1 aliphatic rings. The molecule has 4 heteroatoms. The molecule has 22 heavy (non-hydrogen) atoms. The van der Waals surface area contributed by atoms with Crippen LogP contribution in [-0.4, -0.2) is 15.2 Å². The fourth-order valence-electron chi connectivity index (χ4n) is 3.30. The molecule has 0 fully saturated rings. The lowest BCUT2D eigenvalue weighted by Gasteiger charge is -2.23. The van der Waals surface area contributed by atoms with Crippen molar-refractivity contribution in [3.8, 4) is 0 Å². The predicted molar refractivity (Wildman–Crippen MR) is 87.6 cm³/mol. The van der Waals surface area contributed by atoms with Crippen LogP contribution >= 0.6 is 0 Å². The van der Waals surface area contributed by atoms with Gasteiger partial charge in [-0.15, -0.1) is 0 Å². The summed E-state index contributed by atoms with van der Waals surface area (Å²) >= 11 is 0. The van der Waals surface area contributed by atoms with Crippen LogP contribution in [0.15, 0.2) is 36.5 Å². The van der Waals surface area contributed by atoms with Crippen molar-refractivity contribution in [2.45, 2.75) is 38.8 Å². The lowest BCUT2D eigenvalue weighted by molar-refractivity contribution is 0.450. The van der Waals surface area contributed by atoms with Crippen LogP contribution in [0, 0.1) is 6.92 Å². The second kappa shape index (κ2) is 5.54. The minimum absolute atomic E-state index is 0.387. The van der Waals surface area contributed by atoms with Crippen LogP contribution < -0.4 is 5.32 Å². The molecular formula is C18H20N4. The molecule has 2 N–H and O–H groups in total. The first-order valence-corrected chi connectivity index (χ1v) is 7.91. The molecule has 4 nitrogen and oxygen atoms in total. The molecule has 0 spiro atoms. The van der Waals surface area contributed by atoms with E-state index in [9.17, 15) is 0 Å². The summed E-state index contributed by atoms with van der Waals surface area (Å²) in [6.07, 6.45) is 5.51. The quantitative estimate of drug-likeness (QED) is 0.777. The number of hydrogen-bond acceptors (Lipinski definition) is 3. The Morgan fingerprint density at radius 3 is 3.18 bits per heavy atom. The number of hydrogen-bond donors (Lipinski definition) is 2. The normalized spacial score (nSPS) is 17.6. The number of aryl methyl sites for hydroxylation is 2. The molecule has 0 saturated heterocycles. The van der Waals surface area contributed by atoms with E-state index in [2.05, 4.69) is 50.8 Å². The Labute approximate surface area is 130 Å². The number of pyridine rings is 1. The van der Waals surface area contributed by atoms with E-state index in [1.54, 1.807) is 0 Å². The number of aromatic amines is 1. The van der Waals surface area contributed by atoms with Crippen molar-refractivity contribution >= 4 is 10.9 Å². The molecular weight excluding hydrogens is 272 g/mol. The van der Waals surface area contributed by atoms with Gasteiger partial charge in [-0.3, -0.25) is 10.1 Å². The highest BCUT2D eigenvalue weighted by Crippen LogP contribution is 2.28. The van der Waals surface area contributed by atoms with E-state index in [0.717, 1.165) is 24.2 Å². The Morgan fingerprint density at radius 1 is 1.27 bits per heavy atom. The zero-order chi connectivity index (χ0) is 14.9. The first kappa shape index (κ1) is 13.5. The molecule has 2 heterocycles. The highest BCUT2D eigenvalue weighted by molar-refractivity contribution is 5.79. The SMILES string of the molecule is Cc1ccc2cc(CN[C@@H]3CCCc4cn[nH]c43)ccc2n1. The Hall–Kier alpha value is -2.20. The van der Waals surface area contributed by atoms with Gasteiger partial charge in [0.15, 0.2) is 0 Å². The fourth-order valence-corrected chi connectivity index (χ4v) is 3.30. The summed E-state index contributed by atoms with van der Waals surface area (Å²) in [6, 6.07) is 11.1. The summed E-state index contributed by atoms with van der Waals surface area (Å²) in [6.45, 7) is 2.90. The minimum Gasteiger partial charge on any atom is -0.305 e. The molecule has 1 aliphatic carbocycles. The molecule has 112 valence electrons. The van der Waals surface area contributed by atoms with Gasteiger partial charge >= 0.3 is 0 Å². The zero-order valence-electron chi connectivity index (χ0n) is 12.8. The highest BCUT2D eigenvalue weighted by Gasteiger charge is 2.21. The van der Waals surface area contributed by atoms with Gasteiger partial charge < -0.3 is 5.32 Å². The third kappa shape index (κ3) is 2.50. The number of rotatable bonds is 3. The number of nitrogens with one attached hydrogen (secondary N) is 2. The van der Waals surface area contributed by atoms with Crippen LogP contribution in [0.25, 0.3) is 10.9 Å². The minimum atomic E-state index is 0.387. The Bertz CT molecular complexity index is 806. The summed E-state index contributed by atoms with van der Waals surface area (Å²) in [4.78, 5) is 4.56. The zero-order valence-corrected chi connectivity index (χ0v) is 12.8. The summed E-state index contributed by atoms with van der Waals surface area (Å²) in [7, 11) is 0. The molecule has 3 aromatic rings. The molecule has 2 aromatic heterocycles. The fraction of sp³-hybridized carbons (Fsp3) is 0.333. The summed E-state index contributed by atoms with van der Waals surface area (Å²) < 4.78 is 0. The third-order valence-corrected chi connectivity index (χ3v) is 4.48. The average molecular weight is 292 g/mol. The Morgan fingerprint density at radius 2 is 2.23 bits per heavy atom. The van der Waals surface area contributed by atoms with Crippen LogP contribution in [0.3, 0.4) is 0 Å². The van der Waals surface area contributed by atoms with Crippen LogP contribution in [0.2, 0.25) is 0 Å². The van der Waals surface area contributed by atoms with Gasteiger partial charge in [0.2, 0.25) is 0 Å². The Balaban J connectivity index is 1.52. The van der Waals surface area contributed by atoms with Gasteiger partial charge in [-0.25, -0.2) is 0 Å². The molecule has 0 bridgehead atoms. The summed E-state index contributed by atoms with van der Waals surface area (Å²) in [5.74, 6) is 0. The number of fused-ring (bicyclic) bond motifs is 2. The monoisotopic (exact) mass is 292 g/mol. The molecule has 0 amide bonds. The largest absolute Gasteiger partial charge is 0.305 e. The summed E-state index contributed by atoms with van der Waals surface area (Å²) in [5.41, 5.74) is 6.06. The van der Waals surface area contributed by atoms with Gasteiger partial charge in [-0.2, -0.15) is 5.10 Å². The second-order valence-electron chi connectivity index (χ2n) is 6.11. The molecule has 0 radical (unpaired) electrons. The van der Waals surface area contributed by atoms with Gasteiger partial charge in [0.1, 0.15) is 0 Å². The molecule has 4 rings (SSSR count). The smallest absolute Gasteiger partial charge is 0.0705 e. The lowest BCUT2D eigenvalue weighted by atomic mass is 9.93. The average Bonchev–Trinajstić information content (AvgIpc) is 3.02. The standard InChI is InChI=1S/C18H20N4/c1-12-5-7-14-9-13(6-8-16(14)21-12)10-19-17-4-2-3-15-11-20-22-18(15)17/h5-9,11,17,19H,2-4,10H2,1H3,(H,20,22)/t17-/m1/s1. The van der Waals surface area contributed by atoms with E-state index in [0.29, 0.717) is 6.04 Å². The second-order valence-corrected chi connectivity index (χ2v) is 6.11. The highest BCUT2D eigenvalue weighted by atomic mass is 15.1. The summed E-state index contributed by atoms with van der Waals surface area (Å²) in [5, 5.41) is 12.2. The van der Waals surface area contributed by atoms with Crippen molar-refractivity contribution in [3.05, 3.63) is 59.0 Å². The van der Waals surface area contributed by atoms with Gasteiger partial charge in [0.05, 0.1) is 17.4 Å². The van der Waals surface area contributed by atoms with Gasteiger partial charge in [0, 0.05) is 23.7 Å². The molecule has 0 aliphatic heterocycles. The van der Waals surface area contributed by atoms with E-state index in [1.807, 2.05) is 13.1 Å². The molecule has 0 saturated carbocycles. The number of H-pyrrole nitrogens is 1. The number of nitrogens with zero attached hydrogens (tertiary/aromatic N) is 2.